The van der Waals surface area contributed by atoms with Crippen molar-refractivity contribution >= 4 is 11.9 Å². The predicted octanol–water partition coefficient (Wildman–Crippen LogP) is 1.70. The first-order chi connectivity index (χ1) is 9.34. The molecule has 1 aromatic rings. The van der Waals surface area contributed by atoms with E-state index in [9.17, 15) is 23.5 Å². The van der Waals surface area contributed by atoms with Gasteiger partial charge in [-0.2, -0.15) is 8.78 Å². The highest BCUT2D eigenvalue weighted by Crippen LogP contribution is 2.32. The number of halogens is 2. The molecule has 0 aliphatic rings. The predicted molar refractivity (Wildman–Crippen MR) is 64.3 cm³/mol. The van der Waals surface area contributed by atoms with Gasteiger partial charge in [0.1, 0.15) is 0 Å². The molecule has 0 aliphatic carbocycles. The van der Waals surface area contributed by atoms with Crippen LogP contribution in [0.15, 0.2) is 24.3 Å². The molecule has 0 aliphatic heterocycles. The van der Waals surface area contributed by atoms with Crippen molar-refractivity contribution in [1.29, 1.82) is 0 Å². The van der Waals surface area contributed by atoms with Crippen molar-refractivity contribution in [2.75, 3.05) is 13.7 Å². The molecule has 0 bridgehead atoms. The van der Waals surface area contributed by atoms with Crippen LogP contribution in [0.25, 0.3) is 0 Å². The monoisotopic (exact) mass is 288 g/mol. The molecule has 20 heavy (non-hydrogen) atoms. The third-order valence-corrected chi connectivity index (χ3v) is 2.54. The third-order valence-electron chi connectivity index (χ3n) is 2.54. The van der Waals surface area contributed by atoms with Crippen molar-refractivity contribution < 1.29 is 33.0 Å². The number of esters is 2. The topological polar surface area (TPSA) is 72.8 Å². The number of hydrogen-bond acceptors (Lipinski definition) is 5. The van der Waals surface area contributed by atoms with Crippen molar-refractivity contribution in [3.63, 3.8) is 0 Å². The van der Waals surface area contributed by atoms with E-state index in [1.54, 1.807) is 0 Å². The van der Waals surface area contributed by atoms with E-state index >= 15 is 0 Å². The minimum Gasteiger partial charge on any atom is -0.465 e. The van der Waals surface area contributed by atoms with Crippen LogP contribution in [0.4, 0.5) is 8.78 Å². The average Bonchev–Trinajstić information content (AvgIpc) is 2.46. The van der Waals surface area contributed by atoms with Gasteiger partial charge in [-0.05, 0) is 24.6 Å². The Labute approximate surface area is 114 Å². The van der Waals surface area contributed by atoms with E-state index < -0.39 is 24.0 Å². The molecule has 0 heterocycles. The standard InChI is InChI=1S/C13H14F2O5/c1-3-20-12(18)13(14,15)10(16)8-4-6-9(7-5-8)11(17)19-2/h4-7,10,16H,3H2,1-2H3. The SMILES string of the molecule is CCOC(=O)C(F)(F)C(O)c1ccc(C(=O)OC)cc1. The molecular formula is C13H14F2O5. The van der Waals surface area contributed by atoms with Crippen LogP contribution in [0.2, 0.25) is 0 Å². The maximum atomic E-state index is 13.6. The maximum absolute atomic E-state index is 13.6. The Hall–Kier alpha value is -2.02. The molecule has 0 radical (unpaired) electrons. The molecule has 1 atom stereocenters. The molecule has 7 heteroatoms. The Balaban J connectivity index is 2.94. The normalized spacial score (nSPS) is 12.7. The highest BCUT2D eigenvalue weighted by Gasteiger charge is 2.48. The summed E-state index contributed by atoms with van der Waals surface area (Å²) in [7, 11) is 1.18. The van der Waals surface area contributed by atoms with E-state index in [4.69, 9.17) is 0 Å². The number of alkyl halides is 2. The first-order valence-electron chi connectivity index (χ1n) is 5.76. The van der Waals surface area contributed by atoms with E-state index in [0.29, 0.717) is 0 Å². The lowest BCUT2D eigenvalue weighted by atomic mass is 10.0. The second kappa shape index (κ2) is 6.42. The molecule has 1 aromatic carbocycles. The van der Waals surface area contributed by atoms with Crippen molar-refractivity contribution in [3.8, 4) is 0 Å². The van der Waals surface area contributed by atoms with Gasteiger partial charge in [0.15, 0.2) is 6.10 Å². The largest absolute Gasteiger partial charge is 0.465 e. The smallest absolute Gasteiger partial charge is 0.380 e. The fourth-order valence-electron chi connectivity index (χ4n) is 1.47. The van der Waals surface area contributed by atoms with Crippen LogP contribution in [0.3, 0.4) is 0 Å². The van der Waals surface area contributed by atoms with Crippen LogP contribution in [0.5, 0.6) is 0 Å². The number of hydrogen-bond donors (Lipinski definition) is 1. The molecule has 1 unspecified atom stereocenters. The van der Waals surface area contributed by atoms with Crippen molar-refractivity contribution in [3.05, 3.63) is 35.4 Å². The molecule has 1 N–H and O–H groups in total. The van der Waals surface area contributed by atoms with Gasteiger partial charge in [-0.1, -0.05) is 12.1 Å². The number of rotatable bonds is 5. The minimum absolute atomic E-state index is 0.142. The summed E-state index contributed by atoms with van der Waals surface area (Å²) in [5.74, 6) is -6.50. The highest BCUT2D eigenvalue weighted by molar-refractivity contribution is 5.89. The van der Waals surface area contributed by atoms with E-state index in [1.165, 1.54) is 26.2 Å². The lowest BCUT2D eigenvalue weighted by Gasteiger charge is -2.20. The fourth-order valence-corrected chi connectivity index (χ4v) is 1.47. The number of benzene rings is 1. The minimum atomic E-state index is -4.07. The van der Waals surface area contributed by atoms with E-state index in [2.05, 4.69) is 9.47 Å². The van der Waals surface area contributed by atoms with Gasteiger partial charge in [-0.15, -0.1) is 0 Å². The Kier molecular flexibility index (Phi) is 5.15. The zero-order valence-electron chi connectivity index (χ0n) is 10.9. The Morgan fingerprint density at radius 2 is 1.85 bits per heavy atom. The quantitative estimate of drug-likeness (QED) is 0.835. The van der Waals surface area contributed by atoms with E-state index in [0.717, 1.165) is 12.1 Å². The van der Waals surface area contributed by atoms with Crippen LogP contribution < -0.4 is 0 Å². The highest BCUT2D eigenvalue weighted by atomic mass is 19.3. The summed E-state index contributed by atoms with van der Waals surface area (Å²) in [6.07, 6.45) is -2.35. The lowest BCUT2D eigenvalue weighted by molar-refractivity contribution is -0.189. The number of carbonyl (C=O) groups is 2. The molecule has 5 nitrogen and oxygen atoms in total. The molecule has 1 rings (SSSR count). The van der Waals surface area contributed by atoms with Gasteiger partial charge >= 0.3 is 17.9 Å². The molecule has 0 saturated heterocycles. The van der Waals surface area contributed by atoms with Gasteiger partial charge < -0.3 is 14.6 Å². The Bertz CT molecular complexity index is 484. The number of carbonyl (C=O) groups excluding carboxylic acids is 2. The summed E-state index contributed by atoms with van der Waals surface area (Å²) in [6.45, 7) is 1.16. The summed E-state index contributed by atoms with van der Waals surface area (Å²) >= 11 is 0. The molecular weight excluding hydrogens is 274 g/mol. The van der Waals surface area contributed by atoms with Crippen LogP contribution in [-0.4, -0.2) is 36.7 Å². The Morgan fingerprint density at radius 3 is 2.30 bits per heavy atom. The summed E-state index contributed by atoms with van der Waals surface area (Å²) in [6, 6.07) is 4.66. The zero-order valence-corrected chi connectivity index (χ0v) is 10.9. The van der Waals surface area contributed by atoms with Gasteiger partial charge in [-0.3, -0.25) is 0 Å². The summed E-state index contributed by atoms with van der Waals surface area (Å²) in [4.78, 5) is 22.3. The lowest BCUT2D eigenvalue weighted by Crippen LogP contribution is -2.37. The van der Waals surface area contributed by atoms with Crippen molar-refractivity contribution in [2.45, 2.75) is 19.0 Å². The fraction of sp³-hybridized carbons (Fsp3) is 0.385. The molecule has 110 valence electrons. The van der Waals surface area contributed by atoms with E-state index in [-0.39, 0.29) is 17.7 Å². The maximum Gasteiger partial charge on any atom is 0.380 e. The number of ether oxygens (including phenoxy) is 2. The second-order valence-corrected chi connectivity index (χ2v) is 3.86. The second-order valence-electron chi connectivity index (χ2n) is 3.86. The summed E-state index contributed by atoms with van der Waals surface area (Å²) in [5, 5.41) is 9.57. The molecule has 0 spiro atoms. The third kappa shape index (κ3) is 3.30. The van der Waals surface area contributed by atoms with Gasteiger partial charge in [0.25, 0.3) is 0 Å². The molecule has 0 fully saturated rings. The van der Waals surface area contributed by atoms with Crippen LogP contribution in [-0.2, 0) is 14.3 Å². The first kappa shape index (κ1) is 16.0. The van der Waals surface area contributed by atoms with Gasteiger partial charge in [0.2, 0.25) is 0 Å². The van der Waals surface area contributed by atoms with Gasteiger partial charge in [-0.25, -0.2) is 9.59 Å². The molecule has 0 saturated carbocycles. The van der Waals surface area contributed by atoms with Crippen LogP contribution in [0, 0.1) is 0 Å². The van der Waals surface area contributed by atoms with Crippen molar-refractivity contribution in [1.82, 2.24) is 0 Å². The summed E-state index contributed by atoms with van der Waals surface area (Å²) in [5.41, 5.74) is -0.0707. The first-order valence-corrected chi connectivity index (χ1v) is 5.76. The number of aliphatic hydroxyl groups excluding tert-OH is 1. The average molecular weight is 288 g/mol. The molecule has 0 aromatic heterocycles. The Morgan fingerprint density at radius 1 is 1.30 bits per heavy atom. The number of aliphatic hydroxyl groups is 1. The number of methoxy groups -OCH3 is 1. The van der Waals surface area contributed by atoms with Crippen LogP contribution in [0.1, 0.15) is 28.9 Å². The van der Waals surface area contributed by atoms with Crippen LogP contribution >= 0.6 is 0 Å². The summed E-state index contributed by atoms with van der Waals surface area (Å²) < 4.78 is 35.8. The van der Waals surface area contributed by atoms with Crippen molar-refractivity contribution in [2.24, 2.45) is 0 Å². The van der Waals surface area contributed by atoms with Gasteiger partial charge in [0, 0.05) is 0 Å². The van der Waals surface area contributed by atoms with Gasteiger partial charge in [0.05, 0.1) is 19.3 Å². The molecule has 0 amide bonds. The van der Waals surface area contributed by atoms with E-state index in [1.807, 2.05) is 0 Å². The zero-order chi connectivity index (χ0) is 15.3.